The summed E-state index contributed by atoms with van der Waals surface area (Å²) >= 11 is 3.28. The SMILES string of the molecule is CCC1CCC(NC(=O)CN(C)S(=O)(=O)c2ccc(Br)cc2)CC1. The van der Waals surface area contributed by atoms with Gasteiger partial charge in [0.25, 0.3) is 0 Å². The van der Waals surface area contributed by atoms with Crippen molar-refractivity contribution < 1.29 is 13.2 Å². The summed E-state index contributed by atoms with van der Waals surface area (Å²) in [6.07, 6.45) is 5.42. The lowest BCUT2D eigenvalue weighted by atomic mass is 9.84. The van der Waals surface area contributed by atoms with Crippen molar-refractivity contribution in [2.45, 2.75) is 50.0 Å². The first kappa shape index (κ1) is 19.4. The maximum absolute atomic E-state index is 12.5. The second kappa shape index (κ2) is 8.45. The van der Waals surface area contributed by atoms with E-state index in [1.165, 1.54) is 25.6 Å². The van der Waals surface area contributed by atoms with E-state index in [1.54, 1.807) is 12.1 Å². The van der Waals surface area contributed by atoms with E-state index in [1.807, 2.05) is 0 Å². The second-order valence-corrected chi connectivity index (χ2v) is 9.37. The van der Waals surface area contributed by atoms with E-state index in [0.717, 1.165) is 40.4 Å². The molecule has 5 nitrogen and oxygen atoms in total. The summed E-state index contributed by atoms with van der Waals surface area (Å²) < 4.78 is 26.9. The van der Waals surface area contributed by atoms with Crippen LogP contribution in [0.5, 0.6) is 0 Å². The van der Waals surface area contributed by atoms with Gasteiger partial charge in [0.2, 0.25) is 15.9 Å². The minimum atomic E-state index is -3.65. The molecule has 0 spiro atoms. The van der Waals surface area contributed by atoms with Crippen LogP contribution in [-0.2, 0) is 14.8 Å². The third-order valence-corrected chi connectivity index (χ3v) is 7.02. The van der Waals surface area contributed by atoms with E-state index in [2.05, 4.69) is 28.2 Å². The van der Waals surface area contributed by atoms with Crippen LogP contribution in [0.1, 0.15) is 39.0 Å². The molecule has 1 aromatic carbocycles. The lowest BCUT2D eigenvalue weighted by Crippen LogP contribution is -2.43. The van der Waals surface area contributed by atoms with Gasteiger partial charge >= 0.3 is 0 Å². The molecule has 1 aromatic rings. The number of halogens is 1. The molecular formula is C17H25BrN2O3S. The normalized spacial score (nSPS) is 21.7. The van der Waals surface area contributed by atoms with Gasteiger partial charge in [-0.3, -0.25) is 4.79 Å². The van der Waals surface area contributed by atoms with Crippen molar-refractivity contribution in [1.29, 1.82) is 0 Å². The summed E-state index contributed by atoms with van der Waals surface area (Å²) in [5.74, 6) is 0.525. The van der Waals surface area contributed by atoms with Crippen molar-refractivity contribution in [2.75, 3.05) is 13.6 Å². The molecule has 1 fully saturated rings. The van der Waals surface area contributed by atoms with E-state index in [-0.39, 0.29) is 23.4 Å². The van der Waals surface area contributed by atoms with Crippen molar-refractivity contribution in [3.63, 3.8) is 0 Å². The van der Waals surface area contributed by atoms with E-state index in [0.29, 0.717) is 0 Å². The summed E-state index contributed by atoms with van der Waals surface area (Å²) in [5.41, 5.74) is 0. The largest absolute Gasteiger partial charge is 0.352 e. The van der Waals surface area contributed by atoms with Crippen molar-refractivity contribution >= 4 is 31.9 Å². The van der Waals surface area contributed by atoms with Crippen LogP contribution in [0.15, 0.2) is 33.6 Å². The van der Waals surface area contributed by atoms with Gasteiger partial charge in [0.1, 0.15) is 0 Å². The number of rotatable bonds is 6. The van der Waals surface area contributed by atoms with E-state index in [4.69, 9.17) is 0 Å². The quantitative estimate of drug-likeness (QED) is 0.774. The molecule has 24 heavy (non-hydrogen) atoms. The van der Waals surface area contributed by atoms with Crippen LogP contribution in [0, 0.1) is 5.92 Å². The smallest absolute Gasteiger partial charge is 0.243 e. The molecule has 0 radical (unpaired) electrons. The van der Waals surface area contributed by atoms with Crippen LogP contribution in [0.25, 0.3) is 0 Å². The first-order valence-electron chi connectivity index (χ1n) is 8.34. The fourth-order valence-corrected chi connectivity index (χ4v) is 4.45. The third-order valence-electron chi connectivity index (χ3n) is 4.68. The standard InChI is InChI=1S/C17H25BrN2O3S/c1-3-13-4-8-15(9-5-13)19-17(21)12-20(2)24(22,23)16-10-6-14(18)7-11-16/h6-7,10-11,13,15H,3-5,8-9,12H2,1-2H3,(H,19,21). The van der Waals surface area contributed by atoms with Crippen molar-refractivity contribution in [2.24, 2.45) is 5.92 Å². The Morgan fingerprint density at radius 3 is 2.33 bits per heavy atom. The molecule has 0 aromatic heterocycles. The van der Waals surface area contributed by atoms with Gasteiger partial charge in [0.15, 0.2) is 0 Å². The average Bonchev–Trinajstić information content (AvgIpc) is 2.55. The fraction of sp³-hybridized carbons (Fsp3) is 0.588. The Kier molecular flexibility index (Phi) is 6.83. The van der Waals surface area contributed by atoms with E-state index < -0.39 is 10.0 Å². The predicted octanol–water partition coefficient (Wildman–Crippen LogP) is 3.15. The monoisotopic (exact) mass is 416 g/mol. The summed E-state index contributed by atoms with van der Waals surface area (Å²) in [4.78, 5) is 12.4. The number of carbonyl (C=O) groups excluding carboxylic acids is 1. The summed E-state index contributed by atoms with van der Waals surface area (Å²) in [7, 11) is -2.22. The van der Waals surface area contributed by atoms with Crippen LogP contribution in [0.2, 0.25) is 0 Å². The molecule has 1 aliphatic rings. The van der Waals surface area contributed by atoms with Gasteiger partial charge in [-0.2, -0.15) is 4.31 Å². The highest BCUT2D eigenvalue weighted by molar-refractivity contribution is 9.10. The number of hydrogen-bond acceptors (Lipinski definition) is 3. The highest BCUT2D eigenvalue weighted by Gasteiger charge is 2.25. The first-order chi connectivity index (χ1) is 11.3. The Morgan fingerprint density at radius 1 is 1.21 bits per heavy atom. The van der Waals surface area contributed by atoms with Crippen LogP contribution >= 0.6 is 15.9 Å². The number of nitrogens with zero attached hydrogens (tertiary/aromatic N) is 1. The topological polar surface area (TPSA) is 66.5 Å². The predicted molar refractivity (Wildman–Crippen MR) is 98.1 cm³/mol. The maximum atomic E-state index is 12.5. The molecule has 0 heterocycles. The zero-order chi connectivity index (χ0) is 17.7. The zero-order valence-electron chi connectivity index (χ0n) is 14.2. The van der Waals surface area contributed by atoms with Gasteiger partial charge in [-0.15, -0.1) is 0 Å². The van der Waals surface area contributed by atoms with Crippen molar-refractivity contribution in [3.05, 3.63) is 28.7 Å². The number of nitrogens with one attached hydrogen (secondary N) is 1. The molecule has 0 saturated heterocycles. The van der Waals surface area contributed by atoms with E-state index >= 15 is 0 Å². The molecule has 1 N–H and O–H groups in total. The number of sulfonamides is 1. The molecule has 0 unspecified atom stereocenters. The molecule has 1 aliphatic carbocycles. The molecule has 1 saturated carbocycles. The minimum Gasteiger partial charge on any atom is -0.352 e. The molecule has 7 heteroatoms. The number of amides is 1. The molecule has 0 atom stereocenters. The number of carbonyl (C=O) groups is 1. The van der Waals surface area contributed by atoms with Gasteiger partial charge in [-0.1, -0.05) is 29.3 Å². The van der Waals surface area contributed by atoms with Crippen LogP contribution in [-0.4, -0.2) is 38.3 Å². The summed E-state index contributed by atoms with van der Waals surface area (Å²) in [6, 6.07) is 6.57. The van der Waals surface area contributed by atoms with Crippen molar-refractivity contribution in [1.82, 2.24) is 9.62 Å². The van der Waals surface area contributed by atoms with Crippen LogP contribution in [0.3, 0.4) is 0 Å². The molecule has 134 valence electrons. The molecular weight excluding hydrogens is 392 g/mol. The summed E-state index contributed by atoms with van der Waals surface area (Å²) in [6.45, 7) is 2.04. The minimum absolute atomic E-state index is 0.161. The Hall–Kier alpha value is -0.920. The molecule has 2 rings (SSSR count). The van der Waals surface area contributed by atoms with Crippen LogP contribution < -0.4 is 5.32 Å². The Morgan fingerprint density at radius 2 is 1.79 bits per heavy atom. The Balaban J connectivity index is 1.90. The van der Waals surface area contributed by atoms with Crippen LogP contribution in [0.4, 0.5) is 0 Å². The van der Waals surface area contributed by atoms with Gasteiger partial charge < -0.3 is 5.32 Å². The number of likely N-dealkylation sites (N-methyl/N-ethyl adjacent to an activating group) is 1. The van der Waals surface area contributed by atoms with Gasteiger partial charge in [-0.25, -0.2) is 8.42 Å². The lowest BCUT2D eigenvalue weighted by Gasteiger charge is -2.29. The first-order valence-corrected chi connectivity index (χ1v) is 10.6. The number of benzene rings is 1. The number of hydrogen-bond donors (Lipinski definition) is 1. The second-order valence-electron chi connectivity index (χ2n) is 6.41. The Labute approximate surface area is 153 Å². The highest BCUT2D eigenvalue weighted by Crippen LogP contribution is 2.26. The zero-order valence-corrected chi connectivity index (χ0v) is 16.6. The maximum Gasteiger partial charge on any atom is 0.243 e. The average molecular weight is 417 g/mol. The Bertz CT molecular complexity index is 653. The van der Waals surface area contributed by atoms with Gasteiger partial charge in [0, 0.05) is 17.6 Å². The van der Waals surface area contributed by atoms with Gasteiger partial charge in [0.05, 0.1) is 11.4 Å². The summed E-state index contributed by atoms with van der Waals surface area (Å²) in [5, 5.41) is 2.97. The highest BCUT2D eigenvalue weighted by atomic mass is 79.9. The lowest BCUT2D eigenvalue weighted by molar-refractivity contribution is -0.122. The fourth-order valence-electron chi connectivity index (χ4n) is 3.06. The molecule has 0 aliphatic heterocycles. The molecule has 1 amide bonds. The van der Waals surface area contributed by atoms with E-state index in [9.17, 15) is 13.2 Å². The third kappa shape index (κ3) is 5.04. The van der Waals surface area contributed by atoms with Crippen molar-refractivity contribution in [3.8, 4) is 0 Å². The molecule has 0 bridgehead atoms. The van der Waals surface area contributed by atoms with Gasteiger partial charge in [-0.05, 0) is 55.9 Å².